The summed E-state index contributed by atoms with van der Waals surface area (Å²) >= 11 is 17.8. The largest absolute Gasteiger partial charge is 0.0906 e. The zero-order valence-corrected chi connectivity index (χ0v) is 11.2. The molecule has 0 aliphatic heterocycles. The number of rotatable bonds is 2. The molecule has 0 amide bonds. The van der Waals surface area contributed by atoms with Gasteiger partial charge in [-0.1, -0.05) is 53.5 Å². The standard InChI is InChI=1S/C14H9Cl3/c1-9(10-2-4-12(15)5-3-10)11-6-13(16)8-14(17)7-11/h2-8H,1H2. The predicted octanol–water partition coefficient (Wildman–Crippen LogP) is 5.71. The summed E-state index contributed by atoms with van der Waals surface area (Å²) in [7, 11) is 0. The fourth-order valence-corrected chi connectivity index (χ4v) is 2.20. The molecule has 0 spiro atoms. The van der Waals surface area contributed by atoms with E-state index in [0.717, 1.165) is 16.7 Å². The van der Waals surface area contributed by atoms with E-state index >= 15 is 0 Å². The Labute approximate surface area is 115 Å². The predicted molar refractivity (Wildman–Crippen MR) is 76.1 cm³/mol. The first-order chi connectivity index (χ1) is 8.06. The molecule has 0 nitrogen and oxygen atoms in total. The van der Waals surface area contributed by atoms with Crippen molar-refractivity contribution >= 4 is 40.4 Å². The maximum absolute atomic E-state index is 5.96. The molecule has 0 saturated heterocycles. The average Bonchev–Trinajstić information content (AvgIpc) is 2.28. The molecule has 0 heterocycles. The first kappa shape index (κ1) is 12.5. The van der Waals surface area contributed by atoms with E-state index in [-0.39, 0.29) is 0 Å². The molecule has 0 aliphatic rings. The van der Waals surface area contributed by atoms with Crippen molar-refractivity contribution in [3.8, 4) is 0 Å². The Morgan fingerprint density at radius 1 is 0.706 bits per heavy atom. The maximum Gasteiger partial charge on any atom is 0.0426 e. The van der Waals surface area contributed by atoms with Crippen molar-refractivity contribution < 1.29 is 0 Å². The number of benzene rings is 2. The van der Waals surface area contributed by atoms with Gasteiger partial charge in [0.2, 0.25) is 0 Å². The second-order valence-electron chi connectivity index (χ2n) is 3.64. The third kappa shape index (κ3) is 3.04. The van der Waals surface area contributed by atoms with E-state index in [1.807, 2.05) is 36.4 Å². The smallest absolute Gasteiger partial charge is 0.0426 e. The van der Waals surface area contributed by atoms with Crippen molar-refractivity contribution in [2.45, 2.75) is 0 Å². The van der Waals surface area contributed by atoms with Gasteiger partial charge in [-0.15, -0.1) is 0 Å². The van der Waals surface area contributed by atoms with Gasteiger partial charge in [0.05, 0.1) is 0 Å². The summed E-state index contributed by atoms with van der Waals surface area (Å²) in [5.41, 5.74) is 2.77. The molecular weight excluding hydrogens is 275 g/mol. The quantitative estimate of drug-likeness (QED) is 0.662. The Kier molecular flexibility index (Phi) is 3.78. The highest BCUT2D eigenvalue weighted by Crippen LogP contribution is 2.28. The van der Waals surface area contributed by atoms with Gasteiger partial charge in [0, 0.05) is 15.1 Å². The molecule has 0 fully saturated rings. The number of halogens is 3. The van der Waals surface area contributed by atoms with Crippen LogP contribution in [0.5, 0.6) is 0 Å². The lowest BCUT2D eigenvalue weighted by Gasteiger charge is -2.07. The number of hydrogen-bond donors (Lipinski definition) is 0. The molecule has 3 heteroatoms. The van der Waals surface area contributed by atoms with E-state index in [4.69, 9.17) is 34.8 Å². The van der Waals surface area contributed by atoms with Crippen LogP contribution in [0.2, 0.25) is 15.1 Å². The Bertz CT molecular complexity index is 536. The minimum atomic E-state index is 0.600. The topological polar surface area (TPSA) is 0 Å². The van der Waals surface area contributed by atoms with Crippen LogP contribution >= 0.6 is 34.8 Å². The second kappa shape index (κ2) is 5.14. The summed E-state index contributed by atoms with van der Waals surface area (Å²) in [4.78, 5) is 0. The van der Waals surface area contributed by atoms with Gasteiger partial charge < -0.3 is 0 Å². The van der Waals surface area contributed by atoms with Gasteiger partial charge in [-0.3, -0.25) is 0 Å². The molecule has 2 rings (SSSR count). The van der Waals surface area contributed by atoms with E-state index < -0.39 is 0 Å². The molecule has 0 N–H and O–H groups in total. The lowest BCUT2D eigenvalue weighted by atomic mass is 10.00. The van der Waals surface area contributed by atoms with Crippen LogP contribution in [0, 0.1) is 0 Å². The van der Waals surface area contributed by atoms with Crippen molar-refractivity contribution in [1.29, 1.82) is 0 Å². The summed E-state index contributed by atoms with van der Waals surface area (Å²) in [5, 5.41) is 1.90. The summed E-state index contributed by atoms with van der Waals surface area (Å²) in [6.45, 7) is 4.05. The summed E-state index contributed by atoms with van der Waals surface area (Å²) in [5.74, 6) is 0. The maximum atomic E-state index is 5.96. The van der Waals surface area contributed by atoms with Crippen molar-refractivity contribution in [3.05, 3.63) is 75.2 Å². The van der Waals surface area contributed by atoms with Crippen molar-refractivity contribution in [2.24, 2.45) is 0 Å². The van der Waals surface area contributed by atoms with Crippen LogP contribution in [0.15, 0.2) is 49.0 Å². The summed E-state index contributed by atoms with van der Waals surface area (Å²) in [6.07, 6.45) is 0. The Balaban J connectivity index is 2.40. The number of hydrogen-bond acceptors (Lipinski definition) is 0. The fraction of sp³-hybridized carbons (Fsp3) is 0. The van der Waals surface area contributed by atoms with Crippen LogP contribution < -0.4 is 0 Å². The van der Waals surface area contributed by atoms with E-state index in [9.17, 15) is 0 Å². The Hall–Kier alpha value is -0.950. The average molecular weight is 284 g/mol. The van der Waals surface area contributed by atoms with Gasteiger partial charge >= 0.3 is 0 Å². The minimum absolute atomic E-state index is 0.600. The molecular formula is C14H9Cl3. The van der Waals surface area contributed by atoms with E-state index in [0.29, 0.717) is 15.1 Å². The molecule has 0 unspecified atom stereocenters. The molecule has 0 aliphatic carbocycles. The molecule has 0 saturated carbocycles. The molecule has 86 valence electrons. The first-order valence-corrected chi connectivity index (χ1v) is 6.11. The zero-order chi connectivity index (χ0) is 12.4. The van der Waals surface area contributed by atoms with Crippen LogP contribution in [0.25, 0.3) is 5.57 Å². The zero-order valence-electron chi connectivity index (χ0n) is 8.88. The Morgan fingerprint density at radius 2 is 1.24 bits per heavy atom. The normalized spacial score (nSPS) is 10.3. The Morgan fingerprint density at radius 3 is 1.76 bits per heavy atom. The molecule has 2 aromatic carbocycles. The van der Waals surface area contributed by atoms with Crippen LogP contribution in [-0.4, -0.2) is 0 Å². The highest BCUT2D eigenvalue weighted by Gasteiger charge is 2.04. The fourth-order valence-electron chi connectivity index (χ4n) is 1.55. The highest BCUT2D eigenvalue weighted by molar-refractivity contribution is 6.35. The van der Waals surface area contributed by atoms with E-state index in [1.54, 1.807) is 6.07 Å². The van der Waals surface area contributed by atoms with Gasteiger partial charge in [0.15, 0.2) is 0 Å². The van der Waals surface area contributed by atoms with Gasteiger partial charge in [0.25, 0.3) is 0 Å². The van der Waals surface area contributed by atoms with E-state index in [2.05, 4.69) is 6.58 Å². The third-order valence-electron chi connectivity index (χ3n) is 2.40. The van der Waals surface area contributed by atoms with Gasteiger partial charge in [-0.25, -0.2) is 0 Å². The van der Waals surface area contributed by atoms with Crippen LogP contribution in [0.1, 0.15) is 11.1 Å². The minimum Gasteiger partial charge on any atom is -0.0906 e. The van der Waals surface area contributed by atoms with E-state index in [1.165, 1.54) is 0 Å². The second-order valence-corrected chi connectivity index (χ2v) is 4.95. The molecule has 2 aromatic rings. The molecule has 17 heavy (non-hydrogen) atoms. The first-order valence-electron chi connectivity index (χ1n) is 4.97. The molecule has 0 radical (unpaired) electrons. The van der Waals surface area contributed by atoms with Crippen molar-refractivity contribution in [2.75, 3.05) is 0 Å². The molecule has 0 aromatic heterocycles. The lowest BCUT2D eigenvalue weighted by Crippen LogP contribution is -1.86. The highest BCUT2D eigenvalue weighted by atomic mass is 35.5. The van der Waals surface area contributed by atoms with Gasteiger partial charge in [0.1, 0.15) is 0 Å². The van der Waals surface area contributed by atoms with Crippen molar-refractivity contribution in [3.63, 3.8) is 0 Å². The summed E-state index contributed by atoms with van der Waals surface area (Å²) in [6, 6.07) is 12.9. The van der Waals surface area contributed by atoms with Crippen LogP contribution in [0.4, 0.5) is 0 Å². The third-order valence-corrected chi connectivity index (χ3v) is 3.09. The lowest BCUT2D eigenvalue weighted by molar-refractivity contribution is 1.56. The van der Waals surface area contributed by atoms with Crippen LogP contribution in [0.3, 0.4) is 0 Å². The van der Waals surface area contributed by atoms with Gasteiger partial charge in [-0.05, 0) is 47.0 Å². The molecule has 0 atom stereocenters. The van der Waals surface area contributed by atoms with Crippen molar-refractivity contribution in [1.82, 2.24) is 0 Å². The van der Waals surface area contributed by atoms with Gasteiger partial charge in [-0.2, -0.15) is 0 Å². The summed E-state index contributed by atoms with van der Waals surface area (Å²) < 4.78 is 0. The van der Waals surface area contributed by atoms with Crippen LogP contribution in [-0.2, 0) is 0 Å². The molecule has 0 bridgehead atoms. The SMILES string of the molecule is C=C(c1ccc(Cl)cc1)c1cc(Cl)cc(Cl)c1. The monoisotopic (exact) mass is 282 g/mol.